The summed E-state index contributed by atoms with van der Waals surface area (Å²) in [7, 11) is 0. The number of aryl methyl sites for hydroxylation is 1. The van der Waals surface area contributed by atoms with E-state index in [2.05, 4.69) is 16.5 Å². The number of aliphatic hydroxyl groups is 1. The first-order chi connectivity index (χ1) is 20.6. The molecular formula is C31H28F2N6O3S. The number of thiophene rings is 1. The molecule has 5 heterocycles. The van der Waals surface area contributed by atoms with Gasteiger partial charge >= 0.3 is 0 Å². The summed E-state index contributed by atoms with van der Waals surface area (Å²) >= 11 is 1.37. The molecule has 1 N–H and O–H groups in total. The average molecular weight is 603 g/mol. The molecule has 1 aromatic carbocycles. The number of rotatable bonds is 7. The minimum atomic E-state index is -0.870. The second kappa shape index (κ2) is 11.3. The SMILES string of the molecule is C=CC(=O)N1Cc2cc(-c3nc(-c4cnc(C)nc4)c4ccsc4c3-c3c(F)cc(F)cc3OCC(C)O)nn2CC1C. The third-order valence-electron chi connectivity index (χ3n) is 7.28. The van der Waals surface area contributed by atoms with Crippen LogP contribution in [0.4, 0.5) is 8.78 Å². The fourth-order valence-corrected chi connectivity index (χ4v) is 6.19. The van der Waals surface area contributed by atoms with E-state index in [-0.39, 0.29) is 29.9 Å². The van der Waals surface area contributed by atoms with Crippen molar-refractivity contribution in [1.82, 2.24) is 29.6 Å². The predicted octanol–water partition coefficient (Wildman–Crippen LogP) is 5.55. The first kappa shape index (κ1) is 28.6. The van der Waals surface area contributed by atoms with Gasteiger partial charge in [-0.3, -0.25) is 9.48 Å². The quantitative estimate of drug-likeness (QED) is 0.244. The van der Waals surface area contributed by atoms with Crippen LogP contribution >= 0.6 is 11.3 Å². The Labute approximate surface area is 250 Å². The number of nitrogens with zero attached hydrogens (tertiary/aromatic N) is 6. The van der Waals surface area contributed by atoms with Crippen LogP contribution in [-0.2, 0) is 17.9 Å². The van der Waals surface area contributed by atoms with E-state index < -0.39 is 17.7 Å². The molecule has 0 radical (unpaired) electrons. The number of aromatic nitrogens is 5. The van der Waals surface area contributed by atoms with Gasteiger partial charge in [-0.25, -0.2) is 23.7 Å². The summed E-state index contributed by atoms with van der Waals surface area (Å²) in [5.74, 6) is -1.31. The monoisotopic (exact) mass is 602 g/mol. The lowest BCUT2D eigenvalue weighted by Crippen LogP contribution is -2.44. The maximum atomic E-state index is 15.9. The lowest BCUT2D eigenvalue weighted by atomic mass is 9.97. The molecule has 2 unspecified atom stereocenters. The maximum Gasteiger partial charge on any atom is 0.246 e. The van der Waals surface area contributed by atoms with E-state index in [4.69, 9.17) is 14.8 Å². The van der Waals surface area contributed by atoms with Crippen molar-refractivity contribution >= 4 is 27.3 Å². The van der Waals surface area contributed by atoms with Crippen LogP contribution in [0.3, 0.4) is 0 Å². The number of amides is 1. The van der Waals surface area contributed by atoms with Crippen molar-refractivity contribution in [3.63, 3.8) is 0 Å². The Hall–Kier alpha value is -4.55. The van der Waals surface area contributed by atoms with Gasteiger partial charge in [-0.2, -0.15) is 5.10 Å². The van der Waals surface area contributed by atoms with Crippen LogP contribution in [-0.4, -0.2) is 59.4 Å². The summed E-state index contributed by atoms with van der Waals surface area (Å²) in [4.78, 5) is 27.9. The number of aliphatic hydroxyl groups excluding tert-OH is 1. The summed E-state index contributed by atoms with van der Waals surface area (Å²) in [5.41, 5.74) is 3.18. The third kappa shape index (κ3) is 5.28. The topological polar surface area (TPSA) is 106 Å². The van der Waals surface area contributed by atoms with Gasteiger partial charge in [0.05, 0.1) is 36.1 Å². The van der Waals surface area contributed by atoms with Gasteiger partial charge in [0.2, 0.25) is 5.91 Å². The van der Waals surface area contributed by atoms with Crippen LogP contribution in [0.25, 0.3) is 43.9 Å². The second-order valence-corrected chi connectivity index (χ2v) is 11.4. The van der Waals surface area contributed by atoms with Crippen LogP contribution in [0.1, 0.15) is 25.4 Å². The summed E-state index contributed by atoms with van der Waals surface area (Å²) in [6.45, 7) is 9.44. The summed E-state index contributed by atoms with van der Waals surface area (Å²) in [6.07, 6.45) is 3.78. The minimum Gasteiger partial charge on any atom is -0.490 e. The molecule has 0 bridgehead atoms. The molecule has 1 aliphatic rings. The Morgan fingerprint density at radius 2 is 2.00 bits per heavy atom. The number of carbonyl (C=O) groups is 1. The summed E-state index contributed by atoms with van der Waals surface area (Å²) in [6, 6.07) is 5.48. The highest BCUT2D eigenvalue weighted by Crippen LogP contribution is 2.47. The Morgan fingerprint density at radius 3 is 2.72 bits per heavy atom. The fourth-order valence-electron chi connectivity index (χ4n) is 5.24. The van der Waals surface area contributed by atoms with E-state index in [1.807, 2.05) is 29.1 Å². The molecule has 1 amide bonds. The molecular weight excluding hydrogens is 574 g/mol. The lowest BCUT2D eigenvalue weighted by molar-refractivity contribution is -0.129. The van der Waals surface area contributed by atoms with Gasteiger partial charge in [-0.1, -0.05) is 6.58 Å². The average Bonchev–Trinajstić information content (AvgIpc) is 3.62. The summed E-state index contributed by atoms with van der Waals surface area (Å²) < 4.78 is 38.6. The zero-order valence-electron chi connectivity index (χ0n) is 23.7. The van der Waals surface area contributed by atoms with Crippen LogP contribution in [0.2, 0.25) is 0 Å². The fraction of sp³-hybridized carbons (Fsp3) is 0.258. The molecule has 5 aromatic rings. The molecule has 0 aliphatic carbocycles. The first-order valence-corrected chi connectivity index (χ1v) is 14.5. The van der Waals surface area contributed by atoms with E-state index in [0.717, 1.165) is 23.2 Å². The van der Waals surface area contributed by atoms with Crippen molar-refractivity contribution in [1.29, 1.82) is 0 Å². The van der Waals surface area contributed by atoms with E-state index in [0.29, 0.717) is 51.8 Å². The maximum absolute atomic E-state index is 15.9. The third-order valence-corrected chi connectivity index (χ3v) is 8.21. The molecule has 1 aliphatic heterocycles. The molecule has 43 heavy (non-hydrogen) atoms. The molecule has 4 aromatic heterocycles. The van der Waals surface area contributed by atoms with Crippen LogP contribution in [0.5, 0.6) is 5.75 Å². The van der Waals surface area contributed by atoms with Crippen molar-refractivity contribution in [2.75, 3.05) is 6.61 Å². The number of halogens is 2. The number of ether oxygens (including phenoxy) is 1. The van der Waals surface area contributed by atoms with Gasteiger partial charge in [-0.15, -0.1) is 11.3 Å². The van der Waals surface area contributed by atoms with Crippen molar-refractivity contribution in [3.05, 3.63) is 77.8 Å². The van der Waals surface area contributed by atoms with Gasteiger partial charge in [0.25, 0.3) is 0 Å². The molecule has 0 saturated carbocycles. The van der Waals surface area contributed by atoms with Crippen molar-refractivity contribution in [2.24, 2.45) is 0 Å². The molecule has 12 heteroatoms. The number of hydrogen-bond acceptors (Lipinski definition) is 8. The van der Waals surface area contributed by atoms with E-state index in [9.17, 15) is 14.3 Å². The molecule has 2 atom stereocenters. The van der Waals surface area contributed by atoms with Crippen LogP contribution in [0.15, 0.2) is 54.7 Å². The Bertz CT molecular complexity index is 1870. The predicted molar refractivity (Wildman–Crippen MR) is 159 cm³/mol. The Kier molecular flexibility index (Phi) is 7.49. The molecule has 9 nitrogen and oxygen atoms in total. The lowest BCUT2D eigenvalue weighted by Gasteiger charge is -2.33. The number of pyridine rings is 1. The summed E-state index contributed by atoms with van der Waals surface area (Å²) in [5, 5.41) is 17.3. The van der Waals surface area contributed by atoms with Crippen molar-refractivity contribution in [3.8, 4) is 39.5 Å². The van der Waals surface area contributed by atoms with Crippen molar-refractivity contribution in [2.45, 2.75) is 46.0 Å². The van der Waals surface area contributed by atoms with E-state index in [1.54, 1.807) is 24.2 Å². The Balaban J connectivity index is 1.63. The second-order valence-electron chi connectivity index (χ2n) is 10.5. The normalized spacial score (nSPS) is 15.4. The highest BCUT2D eigenvalue weighted by Gasteiger charge is 2.30. The van der Waals surface area contributed by atoms with Crippen molar-refractivity contribution < 1.29 is 23.4 Å². The molecule has 0 saturated heterocycles. The number of hydrogen-bond donors (Lipinski definition) is 1. The zero-order valence-corrected chi connectivity index (χ0v) is 24.5. The molecule has 0 fully saturated rings. The van der Waals surface area contributed by atoms with Crippen LogP contribution < -0.4 is 4.74 Å². The van der Waals surface area contributed by atoms with Gasteiger partial charge in [0.15, 0.2) is 0 Å². The first-order valence-electron chi connectivity index (χ1n) is 13.6. The number of benzene rings is 1. The smallest absolute Gasteiger partial charge is 0.246 e. The van der Waals surface area contributed by atoms with E-state index >= 15 is 4.39 Å². The number of carbonyl (C=O) groups excluding carboxylic acids is 1. The number of fused-ring (bicyclic) bond motifs is 2. The minimum absolute atomic E-state index is 0.00603. The van der Waals surface area contributed by atoms with Gasteiger partial charge in [0.1, 0.15) is 41.2 Å². The molecule has 220 valence electrons. The van der Waals surface area contributed by atoms with E-state index in [1.165, 1.54) is 24.3 Å². The van der Waals surface area contributed by atoms with Crippen LogP contribution in [0, 0.1) is 18.6 Å². The zero-order chi connectivity index (χ0) is 30.4. The molecule has 0 spiro atoms. The Morgan fingerprint density at radius 1 is 1.23 bits per heavy atom. The van der Waals surface area contributed by atoms with Gasteiger partial charge < -0.3 is 14.7 Å². The molecule has 6 rings (SSSR count). The van der Waals surface area contributed by atoms with Gasteiger partial charge in [-0.05, 0) is 44.4 Å². The standard InChI is InChI=1S/C31H28F2N6O3S/c1-5-26(41)38-14-21-10-24(37-39(21)13-16(38)2)30-28(27-23(33)8-20(32)9-25(27)42-15-17(3)40)31-22(6-7-43-31)29(36-30)19-11-34-18(4)35-12-19/h5-12,16-17,40H,1,13-15H2,2-4H3. The highest BCUT2D eigenvalue weighted by atomic mass is 32.1. The van der Waals surface area contributed by atoms with Gasteiger partial charge in [0, 0.05) is 51.8 Å². The highest BCUT2D eigenvalue weighted by molar-refractivity contribution is 7.18. The largest absolute Gasteiger partial charge is 0.490 e.